The third kappa shape index (κ3) is 5.91. The number of sulfonamides is 1. The molecule has 1 aromatic heterocycles. The zero-order valence-corrected chi connectivity index (χ0v) is 18.2. The highest BCUT2D eigenvalue weighted by molar-refractivity contribution is 7.99. The summed E-state index contributed by atoms with van der Waals surface area (Å²) in [5.41, 5.74) is 0.942. The van der Waals surface area contributed by atoms with Crippen molar-refractivity contribution in [2.45, 2.75) is 29.8 Å². The molecule has 2 aromatic rings. The van der Waals surface area contributed by atoms with Gasteiger partial charge in [0, 0.05) is 30.5 Å². The third-order valence-electron chi connectivity index (χ3n) is 4.37. The predicted molar refractivity (Wildman–Crippen MR) is 114 cm³/mol. The Balaban J connectivity index is 1.58. The van der Waals surface area contributed by atoms with Crippen LogP contribution in [-0.2, 0) is 26.0 Å². The fourth-order valence-electron chi connectivity index (χ4n) is 2.91. The molecule has 1 amide bonds. The summed E-state index contributed by atoms with van der Waals surface area (Å²) >= 11 is 1.14. The van der Waals surface area contributed by atoms with Crippen LogP contribution in [0.1, 0.15) is 19.0 Å². The van der Waals surface area contributed by atoms with E-state index in [1.165, 1.54) is 22.5 Å². The molecule has 1 saturated heterocycles. The predicted octanol–water partition coefficient (Wildman–Crippen LogP) is 1.47. The summed E-state index contributed by atoms with van der Waals surface area (Å²) in [4.78, 5) is 31.0. The SMILES string of the molecule is CCCc1cc(=O)[nH]c(SCC(=O)Nc2ccc(S(=O)(=O)N3CCOCC3)cc2)n1. The lowest BCUT2D eigenvalue weighted by atomic mass is 10.2. The molecule has 0 atom stereocenters. The fraction of sp³-hybridized carbons (Fsp3) is 0.421. The number of aryl methyl sites for hydroxylation is 1. The first-order chi connectivity index (χ1) is 14.4. The van der Waals surface area contributed by atoms with Gasteiger partial charge in [-0.05, 0) is 30.7 Å². The first kappa shape index (κ1) is 22.5. The van der Waals surface area contributed by atoms with Crippen molar-refractivity contribution in [3.8, 4) is 0 Å². The molecule has 0 aliphatic carbocycles. The Kier molecular flexibility index (Phi) is 7.64. The summed E-state index contributed by atoms with van der Waals surface area (Å²) < 4.78 is 31.8. The quantitative estimate of drug-likeness (QED) is 0.459. The van der Waals surface area contributed by atoms with Gasteiger partial charge in [-0.25, -0.2) is 13.4 Å². The Labute approximate surface area is 179 Å². The smallest absolute Gasteiger partial charge is 0.251 e. The summed E-state index contributed by atoms with van der Waals surface area (Å²) in [5.74, 6) is -0.223. The van der Waals surface area contributed by atoms with Crippen molar-refractivity contribution in [3.05, 3.63) is 46.4 Å². The van der Waals surface area contributed by atoms with E-state index in [0.29, 0.717) is 49.3 Å². The van der Waals surface area contributed by atoms with E-state index >= 15 is 0 Å². The zero-order valence-electron chi connectivity index (χ0n) is 16.6. The molecular formula is C19H24N4O5S2. The van der Waals surface area contributed by atoms with Gasteiger partial charge in [-0.3, -0.25) is 9.59 Å². The summed E-state index contributed by atoms with van der Waals surface area (Å²) in [5, 5.41) is 3.11. The minimum atomic E-state index is -3.57. The highest BCUT2D eigenvalue weighted by Crippen LogP contribution is 2.20. The molecule has 0 radical (unpaired) electrons. The molecule has 162 valence electrons. The van der Waals surface area contributed by atoms with Crippen molar-refractivity contribution in [1.29, 1.82) is 0 Å². The van der Waals surface area contributed by atoms with E-state index in [-0.39, 0.29) is 22.1 Å². The van der Waals surface area contributed by atoms with E-state index in [0.717, 1.165) is 18.2 Å². The van der Waals surface area contributed by atoms with Gasteiger partial charge in [0.2, 0.25) is 15.9 Å². The Bertz CT molecular complexity index is 1030. The number of carbonyl (C=O) groups excluding carboxylic acids is 1. The number of nitrogens with zero attached hydrogens (tertiary/aromatic N) is 2. The number of rotatable bonds is 8. The maximum absolute atomic E-state index is 12.6. The normalized spacial score (nSPS) is 15.1. The number of hydrogen-bond donors (Lipinski definition) is 2. The van der Waals surface area contributed by atoms with Crippen molar-refractivity contribution < 1.29 is 17.9 Å². The molecule has 1 aromatic carbocycles. The highest BCUT2D eigenvalue weighted by atomic mass is 32.2. The van der Waals surface area contributed by atoms with Gasteiger partial charge in [-0.1, -0.05) is 25.1 Å². The lowest BCUT2D eigenvalue weighted by Gasteiger charge is -2.26. The number of amides is 1. The van der Waals surface area contributed by atoms with Crippen molar-refractivity contribution in [2.24, 2.45) is 0 Å². The summed E-state index contributed by atoms with van der Waals surface area (Å²) in [7, 11) is -3.57. The number of anilines is 1. The number of ether oxygens (including phenoxy) is 1. The molecule has 30 heavy (non-hydrogen) atoms. The maximum Gasteiger partial charge on any atom is 0.251 e. The van der Waals surface area contributed by atoms with Crippen LogP contribution < -0.4 is 10.9 Å². The van der Waals surface area contributed by atoms with E-state index in [9.17, 15) is 18.0 Å². The van der Waals surface area contributed by atoms with Crippen LogP contribution in [0.15, 0.2) is 45.2 Å². The second kappa shape index (κ2) is 10.2. The Morgan fingerprint density at radius 1 is 1.27 bits per heavy atom. The van der Waals surface area contributed by atoms with E-state index in [4.69, 9.17) is 4.74 Å². The van der Waals surface area contributed by atoms with Gasteiger partial charge in [0.15, 0.2) is 5.16 Å². The van der Waals surface area contributed by atoms with Crippen molar-refractivity contribution >= 4 is 33.4 Å². The van der Waals surface area contributed by atoms with Gasteiger partial charge >= 0.3 is 0 Å². The van der Waals surface area contributed by atoms with Crippen LogP contribution in [0.2, 0.25) is 0 Å². The molecule has 3 rings (SSSR count). The molecule has 0 bridgehead atoms. The molecule has 0 saturated carbocycles. The molecular weight excluding hydrogens is 428 g/mol. The molecule has 1 fully saturated rings. The minimum absolute atomic E-state index is 0.0619. The van der Waals surface area contributed by atoms with Crippen LogP contribution in [0, 0.1) is 0 Å². The summed E-state index contributed by atoms with van der Waals surface area (Å²) in [6.45, 7) is 3.42. The van der Waals surface area contributed by atoms with Crippen LogP contribution >= 0.6 is 11.8 Å². The topological polar surface area (TPSA) is 121 Å². The number of carbonyl (C=O) groups is 1. The molecule has 11 heteroatoms. The van der Waals surface area contributed by atoms with Gasteiger partial charge in [0.1, 0.15) is 0 Å². The Hall–Kier alpha value is -2.21. The molecule has 1 aliphatic heterocycles. The van der Waals surface area contributed by atoms with Crippen LogP contribution in [-0.4, -0.2) is 60.7 Å². The van der Waals surface area contributed by atoms with Crippen LogP contribution in [0.3, 0.4) is 0 Å². The standard InChI is InChI=1S/C19H24N4O5S2/c1-2-3-15-12-17(24)22-19(21-15)29-13-18(25)20-14-4-6-16(7-5-14)30(26,27)23-8-10-28-11-9-23/h4-7,12H,2-3,8-11,13H2,1H3,(H,20,25)(H,21,22,24). The van der Waals surface area contributed by atoms with Gasteiger partial charge < -0.3 is 15.0 Å². The number of thioether (sulfide) groups is 1. The van der Waals surface area contributed by atoms with Crippen molar-refractivity contribution in [2.75, 3.05) is 37.4 Å². The number of nitrogens with one attached hydrogen (secondary N) is 2. The lowest BCUT2D eigenvalue weighted by Crippen LogP contribution is -2.40. The molecule has 1 aliphatic rings. The Morgan fingerprint density at radius 2 is 1.97 bits per heavy atom. The van der Waals surface area contributed by atoms with Crippen LogP contribution in [0.5, 0.6) is 0 Å². The first-order valence-electron chi connectivity index (χ1n) is 9.59. The zero-order chi connectivity index (χ0) is 21.6. The van der Waals surface area contributed by atoms with E-state index < -0.39 is 10.0 Å². The van der Waals surface area contributed by atoms with E-state index in [1.807, 2.05) is 6.92 Å². The third-order valence-corrected chi connectivity index (χ3v) is 7.15. The molecule has 0 spiro atoms. The minimum Gasteiger partial charge on any atom is -0.379 e. The van der Waals surface area contributed by atoms with Gasteiger partial charge in [0.25, 0.3) is 5.56 Å². The molecule has 2 heterocycles. The average Bonchev–Trinajstić information content (AvgIpc) is 2.73. The second-order valence-electron chi connectivity index (χ2n) is 6.67. The largest absolute Gasteiger partial charge is 0.379 e. The lowest BCUT2D eigenvalue weighted by molar-refractivity contribution is -0.113. The number of hydrogen-bond acceptors (Lipinski definition) is 7. The van der Waals surface area contributed by atoms with Crippen molar-refractivity contribution in [1.82, 2.24) is 14.3 Å². The molecule has 9 nitrogen and oxygen atoms in total. The maximum atomic E-state index is 12.6. The Morgan fingerprint density at radius 3 is 2.63 bits per heavy atom. The van der Waals surface area contributed by atoms with Gasteiger partial charge in [-0.2, -0.15) is 4.31 Å². The summed E-state index contributed by atoms with van der Waals surface area (Å²) in [6, 6.07) is 7.51. The highest BCUT2D eigenvalue weighted by Gasteiger charge is 2.26. The molecule has 0 unspecified atom stereocenters. The van der Waals surface area contributed by atoms with E-state index in [2.05, 4.69) is 15.3 Å². The summed E-state index contributed by atoms with van der Waals surface area (Å²) in [6.07, 6.45) is 1.57. The average molecular weight is 453 g/mol. The fourth-order valence-corrected chi connectivity index (χ4v) is 5.02. The first-order valence-corrected chi connectivity index (χ1v) is 12.0. The van der Waals surface area contributed by atoms with Gasteiger partial charge in [-0.15, -0.1) is 0 Å². The molecule has 2 N–H and O–H groups in total. The number of aromatic amines is 1. The number of benzene rings is 1. The van der Waals surface area contributed by atoms with Crippen LogP contribution in [0.25, 0.3) is 0 Å². The van der Waals surface area contributed by atoms with Crippen LogP contribution in [0.4, 0.5) is 5.69 Å². The van der Waals surface area contributed by atoms with Crippen molar-refractivity contribution in [3.63, 3.8) is 0 Å². The number of aromatic nitrogens is 2. The monoisotopic (exact) mass is 452 g/mol. The van der Waals surface area contributed by atoms with Gasteiger partial charge in [0.05, 0.1) is 23.9 Å². The number of morpholine rings is 1. The second-order valence-corrected chi connectivity index (χ2v) is 9.57. The number of H-pyrrole nitrogens is 1. The van der Waals surface area contributed by atoms with E-state index in [1.54, 1.807) is 12.1 Å².